The van der Waals surface area contributed by atoms with Crippen LogP contribution in [0.1, 0.15) is 17.0 Å². The van der Waals surface area contributed by atoms with E-state index in [-0.39, 0.29) is 24.1 Å². The lowest BCUT2D eigenvalue weighted by Gasteiger charge is -2.11. The van der Waals surface area contributed by atoms with Crippen LogP contribution in [0.4, 0.5) is 10.1 Å². The Hall–Kier alpha value is -2.84. The second kappa shape index (κ2) is 10.5. The fraction of sp³-hybridized carbons (Fsp3) is 0.227. The number of aryl methyl sites for hydroxylation is 2. The van der Waals surface area contributed by atoms with Gasteiger partial charge in [-0.15, -0.1) is 16.8 Å². The van der Waals surface area contributed by atoms with Gasteiger partial charge in [0.2, 0.25) is 5.91 Å². The number of benzene rings is 2. The number of allylic oxidation sites excluding steroid dienone is 1. The monoisotopic (exact) mass is 460 g/mol. The maximum atomic E-state index is 13.0. The molecule has 9 heteroatoms. The number of halogens is 2. The number of hydrogen-bond acceptors (Lipinski definition) is 5. The molecule has 0 spiro atoms. The Morgan fingerprint density at radius 3 is 2.58 bits per heavy atom. The van der Waals surface area contributed by atoms with Crippen LogP contribution >= 0.6 is 23.4 Å². The summed E-state index contributed by atoms with van der Waals surface area (Å²) in [6, 6.07) is 9.35. The van der Waals surface area contributed by atoms with Crippen molar-refractivity contribution in [3.05, 3.63) is 76.8 Å². The lowest BCUT2D eigenvalue weighted by Crippen LogP contribution is -2.15. The summed E-state index contributed by atoms with van der Waals surface area (Å²) in [5.41, 5.74) is 2.41. The summed E-state index contributed by atoms with van der Waals surface area (Å²) in [7, 11) is 0. The molecule has 0 aliphatic heterocycles. The van der Waals surface area contributed by atoms with E-state index in [1.54, 1.807) is 6.08 Å². The summed E-state index contributed by atoms with van der Waals surface area (Å²) in [6.07, 6.45) is 1.73. The Bertz CT molecular complexity index is 1060. The van der Waals surface area contributed by atoms with E-state index in [1.165, 1.54) is 36.0 Å². The Morgan fingerprint density at radius 1 is 1.26 bits per heavy atom. The first-order valence-electron chi connectivity index (χ1n) is 9.48. The molecule has 2 aromatic carbocycles. The van der Waals surface area contributed by atoms with E-state index >= 15 is 0 Å². The predicted octanol–water partition coefficient (Wildman–Crippen LogP) is 5.18. The number of carbonyl (C=O) groups excluding carboxylic acids is 1. The summed E-state index contributed by atoms with van der Waals surface area (Å²) in [5, 5.41) is 12.4. The lowest BCUT2D eigenvalue weighted by molar-refractivity contribution is -0.113. The van der Waals surface area contributed by atoms with Crippen molar-refractivity contribution in [2.24, 2.45) is 0 Å². The van der Waals surface area contributed by atoms with Gasteiger partial charge in [0.25, 0.3) is 0 Å². The van der Waals surface area contributed by atoms with E-state index in [1.807, 2.05) is 30.5 Å². The van der Waals surface area contributed by atoms with Gasteiger partial charge in [0, 0.05) is 17.3 Å². The molecular formula is C22H22ClFN4O2S. The quantitative estimate of drug-likeness (QED) is 0.352. The van der Waals surface area contributed by atoms with Crippen molar-refractivity contribution < 1.29 is 13.9 Å². The van der Waals surface area contributed by atoms with Gasteiger partial charge in [-0.3, -0.25) is 9.36 Å². The molecule has 0 radical (unpaired) electrons. The first kappa shape index (κ1) is 22.8. The number of aromatic nitrogens is 3. The summed E-state index contributed by atoms with van der Waals surface area (Å²) >= 11 is 7.46. The number of hydrogen-bond donors (Lipinski definition) is 1. The molecule has 0 bridgehead atoms. The van der Waals surface area contributed by atoms with Crippen molar-refractivity contribution in [3.63, 3.8) is 0 Å². The summed E-state index contributed by atoms with van der Waals surface area (Å²) in [4.78, 5) is 12.2. The van der Waals surface area contributed by atoms with E-state index < -0.39 is 0 Å². The molecule has 1 N–H and O–H groups in total. The van der Waals surface area contributed by atoms with Crippen LogP contribution in [0.2, 0.25) is 5.02 Å². The molecule has 3 rings (SSSR count). The average molecular weight is 461 g/mol. The highest BCUT2D eigenvalue weighted by molar-refractivity contribution is 7.99. The minimum Gasteiger partial charge on any atom is -0.486 e. The molecule has 162 valence electrons. The normalized spacial score (nSPS) is 10.7. The Balaban J connectivity index is 1.63. The summed E-state index contributed by atoms with van der Waals surface area (Å²) in [6.45, 7) is 8.32. The summed E-state index contributed by atoms with van der Waals surface area (Å²) in [5.74, 6) is 0.855. The van der Waals surface area contributed by atoms with Gasteiger partial charge < -0.3 is 10.1 Å². The van der Waals surface area contributed by atoms with Crippen molar-refractivity contribution in [1.29, 1.82) is 0 Å². The second-order valence-electron chi connectivity index (χ2n) is 6.80. The number of nitrogens with one attached hydrogen (secondary N) is 1. The number of thioether (sulfide) groups is 1. The smallest absolute Gasteiger partial charge is 0.234 e. The van der Waals surface area contributed by atoms with Gasteiger partial charge in [0.15, 0.2) is 11.0 Å². The van der Waals surface area contributed by atoms with E-state index in [2.05, 4.69) is 22.1 Å². The fourth-order valence-corrected chi connectivity index (χ4v) is 3.72. The molecule has 1 aromatic heterocycles. The topological polar surface area (TPSA) is 69.0 Å². The third-order valence-electron chi connectivity index (χ3n) is 4.34. The highest BCUT2D eigenvalue weighted by atomic mass is 35.5. The molecule has 3 aromatic rings. The molecule has 0 unspecified atom stereocenters. The number of anilines is 1. The minimum atomic E-state index is -0.358. The number of carbonyl (C=O) groups is 1. The molecule has 0 atom stereocenters. The highest BCUT2D eigenvalue weighted by Gasteiger charge is 2.15. The van der Waals surface area contributed by atoms with E-state index in [0.717, 1.165) is 16.1 Å². The van der Waals surface area contributed by atoms with Crippen LogP contribution in [0.3, 0.4) is 0 Å². The summed E-state index contributed by atoms with van der Waals surface area (Å²) < 4.78 is 20.7. The molecule has 1 amide bonds. The third-order valence-corrected chi connectivity index (χ3v) is 5.91. The van der Waals surface area contributed by atoms with E-state index in [9.17, 15) is 9.18 Å². The van der Waals surface area contributed by atoms with Crippen LogP contribution < -0.4 is 10.1 Å². The molecule has 0 aliphatic carbocycles. The van der Waals surface area contributed by atoms with Gasteiger partial charge in [0.1, 0.15) is 18.2 Å². The first-order valence-corrected chi connectivity index (χ1v) is 10.8. The number of amides is 1. The highest BCUT2D eigenvalue weighted by Crippen LogP contribution is 2.26. The average Bonchev–Trinajstić information content (AvgIpc) is 3.12. The van der Waals surface area contributed by atoms with Crippen LogP contribution in [-0.4, -0.2) is 26.4 Å². The maximum Gasteiger partial charge on any atom is 0.234 e. The second-order valence-corrected chi connectivity index (χ2v) is 8.12. The van der Waals surface area contributed by atoms with Gasteiger partial charge in [0.05, 0.1) is 5.75 Å². The SMILES string of the molecule is C=CCn1c(COc2cc(C)c(Cl)c(C)c2)nnc1SCC(=O)Nc1ccc(F)cc1. The molecular weight excluding hydrogens is 439 g/mol. The standard InChI is InChI=1S/C22H22ClFN4O2S/c1-4-9-28-19(12-30-18-10-14(2)21(23)15(3)11-18)26-27-22(28)31-13-20(29)25-17-7-5-16(24)6-8-17/h4-8,10-11H,1,9,12-13H2,2-3H3,(H,25,29). The molecule has 6 nitrogen and oxygen atoms in total. The van der Waals surface area contributed by atoms with Crippen molar-refractivity contribution in [2.75, 3.05) is 11.1 Å². The van der Waals surface area contributed by atoms with Crippen LogP contribution in [-0.2, 0) is 17.9 Å². The van der Waals surface area contributed by atoms with Crippen molar-refractivity contribution >= 4 is 35.0 Å². The minimum absolute atomic E-state index is 0.128. The van der Waals surface area contributed by atoms with Crippen molar-refractivity contribution in [2.45, 2.75) is 32.2 Å². The Kier molecular flexibility index (Phi) is 7.70. The molecule has 0 aliphatic rings. The zero-order chi connectivity index (χ0) is 22.4. The third kappa shape index (κ3) is 6.08. The zero-order valence-corrected chi connectivity index (χ0v) is 18.8. The van der Waals surface area contributed by atoms with Crippen LogP contribution in [0, 0.1) is 19.7 Å². The van der Waals surface area contributed by atoms with Gasteiger partial charge >= 0.3 is 0 Å². The predicted molar refractivity (Wildman–Crippen MR) is 121 cm³/mol. The van der Waals surface area contributed by atoms with E-state index in [0.29, 0.717) is 29.0 Å². The number of nitrogens with zero attached hydrogens (tertiary/aromatic N) is 3. The Labute approximate surface area is 189 Å². The fourth-order valence-electron chi connectivity index (χ4n) is 2.84. The van der Waals surface area contributed by atoms with Gasteiger partial charge in [-0.2, -0.15) is 0 Å². The van der Waals surface area contributed by atoms with Crippen molar-refractivity contribution in [1.82, 2.24) is 14.8 Å². The zero-order valence-electron chi connectivity index (χ0n) is 17.2. The largest absolute Gasteiger partial charge is 0.486 e. The van der Waals surface area contributed by atoms with Crippen LogP contribution in [0.15, 0.2) is 54.2 Å². The number of ether oxygens (including phenoxy) is 1. The van der Waals surface area contributed by atoms with E-state index in [4.69, 9.17) is 16.3 Å². The number of rotatable bonds is 9. The van der Waals surface area contributed by atoms with Gasteiger partial charge in [-0.1, -0.05) is 29.4 Å². The molecule has 0 saturated carbocycles. The van der Waals surface area contributed by atoms with Crippen LogP contribution in [0.25, 0.3) is 0 Å². The Morgan fingerprint density at radius 2 is 1.94 bits per heavy atom. The maximum absolute atomic E-state index is 13.0. The van der Waals surface area contributed by atoms with Crippen molar-refractivity contribution in [3.8, 4) is 5.75 Å². The molecule has 0 fully saturated rings. The first-order chi connectivity index (χ1) is 14.9. The lowest BCUT2D eigenvalue weighted by atomic mass is 10.1. The molecule has 1 heterocycles. The van der Waals surface area contributed by atoms with Gasteiger partial charge in [-0.25, -0.2) is 4.39 Å². The molecule has 31 heavy (non-hydrogen) atoms. The van der Waals surface area contributed by atoms with Crippen LogP contribution in [0.5, 0.6) is 5.75 Å². The molecule has 0 saturated heterocycles. The van der Waals surface area contributed by atoms with Gasteiger partial charge in [-0.05, 0) is 61.4 Å².